The van der Waals surface area contributed by atoms with Crippen LogP contribution in [0, 0.1) is 12.7 Å². The topological polar surface area (TPSA) is 68.0 Å². The Morgan fingerprint density at radius 2 is 1.83 bits per heavy atom. The predicted octanol–water partition coefficient (Wildman–Crippen LogP) is 3.91. The largest absolute Gasteiger partial charge is 0.411 e. The highest BCUT2D eigenvalue weighted by atomic mass is 32.2. The van der Waals surface area contributed by atoms with E-state index in [9.17, 15) is 9.18 Å². The lowest BCUT2D eigenvalue weighted by molar-refractivity contribution is -0.113. The summed E-state index contributed by atoms with van der Waals surface area (Å²) < 4.78 is 18.4. The van der Waals surface area contributed by atoms with Gasteiger partial charge in [0.15, 0.2) is 0 Å². The van der Waals surface area contributed by atoms with Crippen LogP contribution in [0.5, 0.6) is 0 Å². The van der Waals surface area contributed by atoms with E-state index >= 15 is 0 Å². The molecule has 24 heavy (non-hydrogen) atoms. The quantitative estimate of drug-likeness (QED) is 0.711. The zero-order valence-electron chi connectivity index (χ0n) is 12.8. The van der Waals surface area contributed by atoms with E-state index in [2.05, 4.69) is 15.5 Å². The first-order valence-electron chi connectivity index (χ1n) is 7.19. The normalized spacial score (nSPS) is 10.6. The number of halogens is 1. The molecule has 0 spiro atoms. The fraction of sp³-hybridized carbons (Fsp3) is 0.118. The molecule has 1 N–H and O–H groups in total. The Bertz CT molecular complexity index is 832. The number of aromatic nitrogens is 2. The minimum atomic E-state index is -0.333. The molecule has 7 heteroatoms. The number of nitrogens with one attached hydrogen (secondary N) is 1. The van der Waals surface area contributed by atoms with Gasteiger partial charge in [-0.05, 0) is 43.3 Å². The van der Waals surface area contributed by atoms with Gasteiger partial charge >= 0.3 is 0 Å². The van der Waals surface area contributed by atoms with Crippen molar-refractivity contribution in [1.82, 2.24) is 10.2 Å². The highest BCUT2D eigenvalue weighted by molar-refractivity contribution is 7.99. The van der Waals surface area contributed by atoms with E-state index in [0.29, 0.717) is 5.56 Å². The summed E-state index contributed by atoms with van der Waals surface area (Å²) in [4.78, 5) is 11.9. The van der Waals surface area contributed by atoms with Crippen molar-refractivity contribution >= 4 is 23.4 Å². The fourth-order valence-electron chi connectivity index (χ4n) is 1.94. The van der Waals surface area contributed by atoms with Gasteiger partial charge in [0.05, 0.1) is 5.75 Å². The number of aryl methyl sites for hydroxylation is 1. The van der Waals surface area contributed by atoms with Crippen molar-refractivity contribution in [2.24, 2.45) is 0 Å². The Morgan fingerprint density at radius 1 is 1.12 bits per heavy atom. The SMILES string of the molecule is Cc1ccc(NC(=O)CSc2nnc(-c3ccc(F)cc3)o2)cc1. The second-order valence-electron chi connectivity index (χ2n) is 5.08. The van der Waals surface area contributed by atoms with Crippen molar-refractivity contribution in [3.63, 3.8) is 0 Å². The van der Waals surface area contributed by atoms with Crippen molar-refractivity contribution in [2.75, 3.05) is 11.1 Å². The number of thioether (sulfide) groups is 1. The lowest BCUT2D eigenvalue weighted by atomic mass is 10.2. The number of carbonyl (C=O) groups is 1. The summed E-state index contributed by atoms with van der Waals surface area (Å²) in [6.07, 6.45) is 0. The Hall–Kier alpha value is -2.67. The van der Waals surface area contributed by atoms with Gasteiger partial charge in [0.1, 0.15) is 5.82 Å². The van der Waals surface area contributed by atoms with Gasteiger partial charge in [0, 0.05) is 11.3 Å². The lowest BCUT2D eigenvalue weighted by Crippen LogP contribution is -2.13. The van der Waals surface area contributed by atoms with Crippen LogP contribution in [-0.2, 0) is 4.79 Å². The molecule has 0 unspecified atom stereocenters. The zero-order valence-corrected chi connectivity index (χ0v) is 13.6. The average molecular weight is 343 g/mol. The molecule has 3 rings (SSSR count). The maximum Gasteiger partial charge on any atom is 0.277 e. The summed E-state index contributed by atoms with van der Waals surface area (Å²) in [5.41, 5.74) is 2.49. The number of anilines is 1. The summed E-state index contributed by atoms with van der Waals surface area (Å²) in [5, 5.41) is 10.9. The first kappa shape index (κ1) is 16.2. The summed E-state index contributed by atoms with van der Waals surface area (Å²) in [6, 6.07) is 13.3. The number of rotatable bonds is 5. The van der Waals surface area contributed by atoms with Crippen molar-refractivity contribution in [1.29, 1.82) is 0 Å². The van der Waals surface area contributed by atoms with Gasteiger partial charge in [-0.2, -0.15) is 0 Å². The molecule has 0 atom stereocenters. The molecule has 0 saturated heterocycles. The molecule has 1 aromatic heterocycles. The number of amides is 1. The minimum Gasteiger partial charge on any atom is -0.411 e. The molecule has 1 heterocycles. The van der Waals surface area contributed by atoms with E-state index in [4.69, 9.17) is 4.42 Å². The van der Waals surface area contributed by atoms with Crippen molar-refractivity contribution in [2.45, 2.75) is 12.1 Å². The third-order valence-electron chi connectivity index (χ3n) is 3.16. The van der Waals surface area contributed by atoms with Gasteiger partial charge in [-0.3, -0.25) is 4.79 Å². The van der Waals surface area contributed by atoms with Crippen LogP contribution in [0.1, 0.15) is 5.56 Å². The molecule has 0 aliphatic rings. The van der Waals surface area contributed by atoms with Crippen LogP contribution in [0.25, 0.3) is 11.5 Å². The molecule has 0 saturated carbocycles. The second kappa shape index (κ2) is 7.27. The molecule has 3 aromatic rings. The molecule has 1 amide bonds. The molecular formula is C17H14FN3O2S. The molecule has 0 bridgehead atoms. The monoisotopic (exact) mass is 343 g/mol. The van der Waals surface area contributed by atoms with Crippen LogP contribution < -0.4 is 5.32 Å². The standard InChI is InChI=1S/C17H14FN3O2S/c1-11-2-8-14(9-3-11)19-15(22)10-24-17-21-20-16(23-17)12-4-6-13(18)7-5-12/h2-9H,10H2,1H3,(H,19,22). The van der Waals surface area contributed by atoms with E-state index in [0.717, 1.165) is 23.0 Å². The number of nitrogens with zero attached hydrogens (tertiary/aromatic N) is 2. The van der Waals surface area contributed by atoms with Gasteiger partial charge in [0.25, 0.3) is 5.22 Å². The molecule has 5 nitrogen and oxygen atoms in total. The van der Waals surface area contributed by atoms with Gasteiger partial charge in [-0.25, -0.2) is 4.39 Å². The summed E-state index contributed by atoms with van der Waals surface area (Å²) in [5.74, 6) is -0.0543. The van der Waals surface area contributed by atoms with Crippen molar-refractivity contribution in [3.8, 4) is 11.5 Å². The molecule has 122 valence electrons. The van der Waals surface area contributed by atoms with Gasteiger partial charge < -0.3 is 9.73 Å². The Labute approximate surface area is 142 Å². The van der Waals surface area contributed by atoms with Gasteiger partial charge in [-0.15, -0.1) is 10.2 Å². The Balaban J connectivity index is 1.56. The van der Waals surface area contributed by atoms with Crippen LogP contribution in [0.15, 0.2) is 58.2 Å². The van der Waals surface area contributed by atoms with Crippen molar-refractivity contribution < 1.29 is 13.6 Å². The highest BCUT2D eigenvalue weighted by Crippen LogP contribution is 2.23. The average Bonchev–Trinajstić information content (AvgIpc) is 3.05. The van der Waals surface area contributed by atoms with Crippen LogP contribution in [0.4, 0.5) is 10.1 Å². The molecular weight excluding hydrogens is 329 g/mol. The molecule has 0 fully saturated rings. The first-order valence-corrected chi connectivity index (χ1v) is 8.17. The number of hydrogen-bond acceptors (Lipinski definition) is 5. The molecule has 0 aliphatic heterocycles. The van der Waals surface area contributed by atoms with Crippen LogP contribution in [0.2, 0.25) is 0 Å². The second-order valence-corrected chi connectivity index (χ2v) is 6.01. The van der Waals surface area contributed by atoms with E-state index in [1.807, 2.05) is 31.2 Å². The van der Waals surface area contributed by atoms with E-state index < -0.39 is 0 Å². The smallest absolute Gasteiger partial charge is 0.277 e. The Morgan fingerprint density at radius 3 is 2.54 bits per heavy atom. The van der Waals surface area contributed by atoms with Crippen LogP contribution >= 0.6 is 11.8 Å². The Kier molecular flexibility index (Phi) is 4.90. The fourth-order valence-corrected chi connectivity index (χ4v) is 2.50. The van der Waals surface area contributed by atoms with Gasteiger partial charge in [0.2, 0.25) is 11.8 Å². The van der Waals surface area contributed by atoms with E-state index in [1.165, 1.54) is 12.1 Å². The summed E-state index contributed by atoms with van der Waals surface area (Å²) >= 11 is 1.14. The third-order valence-corrected chi connectivity index (χ3v) is 3.98. The maximum atomic E-state index is 12.9. The lowest BCUT2D eigenvalue weighted by Gasteiger charge is -2.04. The third kappa shape index (κ3) is 4.20. The van der Waals surface area contributed by atoms with E-state index in [1.54, 1.807) is 12.1 Å². The van der Waals surface area contributed by atoms with Gasteiger partial charge in [-0.1, -0.05) is 29.5 Å². The summed E-state index contributed by atoms with van der Waals surface area (Å²) in [6.45, 7) is 1.98. The van der Waals surface area contributed by atoms with Crippen LogP contribution in [0.3, 0.4) is 0 Å². The zero-order chi connectivity index (χ0) is 16.9. The molecule has 0 radical (unpaired) electrons. The molecule has 2 aromatic carbocycles. The van der Waals surface area contributed by atoms with E-state index in [-0.39, 0.29) is 28.6 Å². The predicted molar refractivity (Wildman–Crippen MR) is 90.2 cm³/mol. The number of benzene rings is 2. The van der Waals surface area contributed by atoms with Crippen molar-refractivity contribution in [3.05, 3.63) is 59.9 Å². The maximum absolute atomic E-state index is 12.9. The molecule has 0 aliphatic carbocycles. The van der Waals surface area contributed by atoms with Crippen LogP contribution in [-0.4, -0.2) is 21.9 Å². The number of carbonyl (C=O) groups excluding carboxylic acids is 1. The first-order chi connectivity index (χ1) is 11.6. The minimum absolute atomic E-state index is 0.152. The highest BCUT2D eigenvalue weighted by Gasteiger charge is 2.11. The number of hydrogen-bond donors (Lipinski definition) is 1. The summed E-state index contributed by atoms with van der Waals surface area (Å²) in [7, 11) is 0.